The number of nitrogens with one attached hydrogen (secondary N) is 1. The third kappa shape index (κ3) is 11.2. The van der Waals surface area contributed by atoms with Crippen LogP contribution < -0.4 is 15.6 Å². The van der Waals surface area contributed by atoms with E-state index in [0.717, 1.165) is 11.8 Å². The zero-order chi connectivity index (χ0) is 30.7. The number of alkyl halides is 1. The van der Waals surface area contributed by atoms with E-state index in [-0.39, 0.29) is 48.3 Å². The predicted octanol–water partition coefficient (Wildman–Crippen LogP) is 4.18. The summed E-state index contributed by atoms with van der Waals surface area (Å²) in [6, 6.07) is -0.732. The van der Waals surface area contributed by atoms with Gasteiger partial charge in [-0.1, -0.05) is 32.5 Å². The molecule has 0 spiro atoms. The van der Waals surface area contributed by atoms with E-state index < -0.39 is 38.4 Å². The van der Waals surface area contributed by atoms with Crippen LogP contribution in [-0.4, -0.2) is 81.5 Å². The van der Waals surface area contributed by atoms with Gasteiger partial charge in [-0.05, 0) is 27.7 Å². The second-order valence-electron chi connectivity index (χ2n) is 10.3. The number of aromatic nitrogens is 4. The number of halogens is 1. The van der Waals surface area contributed by atoms with Gasteiger partial charge in [-0.2, -0.15) is 9.97 Å². The highest BCUT2D eigenvalue weighted by molar-refractivity contribution is 8.13. The molecule has 4 unspecified atom stereocenters. The molecule has 0 bridgehead atoms. The lowest BCUT2D eigenvalue weighted by molar-refractivity contribution is -0.149. The van der Waals surface area contributed by atoms with Gasteiger partial charge in [-0.15, -0.1) is 0 Å². The summed E-state index contributed by atoms with van der Waals surface area (Å²) >= 11 is 1.16. The fraction of sp³-hybridized carbons (Fsp3) is 0.720. The topological polar surface area (TPSA) is 162 Å². The van der Waals surface area contributed by atoms with Gasteiger partial charge >= 0.3 is 5.97 Å². The summed E-state index contributed by atoms with van der Waals surface area (Å²) in [4.78, 5) is 36.9. The number of fused-ring (bicyclic) bond motifs is 1. The first-order chi connectivity index (χ1) is 19.3. The Balaban J connectivity index is 2.06. The summed E-state index contributed by atoms with van der Waals surface area (Å²) in [7, 11) is -0.378. The highest BCUT2D eigenvalue weighted by Gasteiger charge is 2.27. The lowest BCUT2D eigenvalue weighted by atomic mass is 10.00. The SMILES string of the molecule is CCOc1nc(N)nc2c1ncn2C(F)CC(COP(NC(C)C(=O)OC(C)C)OCCSC(=O)C(C)(C)C)OC. The van der Waals surface area contributed by atoms with Gasteiger partial charge < -0.3 is 29.0 Å². The molecule has 2 aromatic heterocycles. The van der Waals surface area contributed by atoms with E-state index in [1.54, 1.807) is 27.7 Å². The molecule has 13 nitrogen and oxygen atoms in total. The molecule has 16 heteroatoms. The van der Waals surface area contributed by atoms with E-state index >= 15 is 4.39 Å². The number of carbonyl (C=O) groups excluding carboxylic acids is 2. The van der Waals surface area contributed by atoms with Gasteiger partial charge in [0.1, 0.15) is 6.04 Å². The lowest BCUT2D eigenvalue weighted by Gasteiger charge is -2.25. The van der Waals surface area contributed by atoms with E-state index in [1.165, 1.54) is 18.0 Å². The zero-order valence-electron chi connectivity index (χ0n) is 24.9. The van der Waals surface area contributed by atoms with E-state index in [0.29, 0.717) is 17.9 Å². The molecule has 0 saturated heterocycles. The molecule has 4 atom stereocenters. The molecule has 3 N–H and O–H groups in total. The van der Waals surface area contributed by atoms with Crippen molar-refractivity contribution in [2.24, 2.45) is 5.41 Å². The van der Waals surface area contributed by atoms with E-state index in [4.69, 9.17) is 29.0 Å². The maximum Gasteiger partial charge on any atom is 0.323 e. The average Bonchev–Trinajstić information content (AvgIpc) is 3.31. The Morgan fingerprint density at radius 2 is 1.93 bits per heavy atom. The van der Waals surface area contributed by atoms with Crippen molar-refractivity contribution in [3.8, 4) is 5.88 Å². The lowest BCUT2D eigenvalue weighted by Crippen LogP contribution is -2.35. The molecule has 0 fully saturated rings. The highest BCUT2D eigenvalue weighted by Crippen LogP contribution is 2.36. The van der Waals surface area contributed by atoms with Crippen LogP contribution in [0.15, 0.2) is 6.33 Å². The van der Waals surface area contributed by atoms with Crippen LogP contribution in [0.5, 0.6) is 5.88 Å². The van der Waals surface area contributed by atoms with Crippen molar-refractivity contribution < 1.29 is 37.2 Å². The summed E-state index contributed by atoms with van der Waals surface area (Å²) in [6.07, 6.45) is -1.38. The van der Waals surface area contributed by atoms with Crippen molar-refractivity contribution in [2.75, 3.05) is 38.4 Å². The smallest absolute Gasteiger partial charge is 0.323 e. The summed E-state index contributed by atoms with van der Waals surface area (Å²) < 4.78 is 44.7. The molecule has 2 heterocycles. The monoisotopic (exact) mass is 620 g/mol. The van der Waals surface area contributed by atoms with E-state index in [9.17, 15) is 9.59 Å². The van der Waals surface area contributed by atoms with Crippen LogP contribution in [-0.2, 0) is 28.1 Å². The first-order valence-corrected chi connectivity index (χ1v) is 15.4. The fourth-order valence-corrected chi connectivity index (χ4v) is 5.30. The van der Waals surface area contributed by atoms with Gasteiger partial charge in [0.15, 0.2) is 22.6 Å². The number of carbonyl (C=O) groups is 2. The maximum absolute atomic E-state index is 15.5. The van der Waals surface area contributed by atoms with Gasteiger partial charge in [-0.25, -0.2) is 14.5 Å². The molecular formula is C25H42FN6O7PS. The van der Waals surface area contributed by atoms with Crippen LogP contribution >= 0.6 is 20.3 Å². The molecule has 0 aliphatic carbocycles. The second-order valence-corrected chi connectivity index (χ2v) is 12.6. The maximum atomic E-state index is 15.5. The minimum atomic E-state index is -1.82. The molecule has 232 valence electrons. The highest BCUT2D eigenvalue weighted by atomic mass is 32.2. The normalized spacial score (nSPS) is 15.1. The first kappa shape index (κ1) is 35.0. The Labute approximate surface area is 245 Å². The summed E-state index contributed by atoms with van der Waals surface area (Å²) in [5.74, 6) is 0.0357. The van der Waals surface area contributed by atoms with Gasteiger partial charge in [0.05, 0.1) is 38.4 Å². The molecule has 0 radical (unpaired) electrons. The second kappa shape index (κ2) is 16.5. The zero-order valence-corrected chi connectivity index (χ0v) is 26.6. The quantitative estimate of drug-likeness (QED) is 0.147. The molecular weight excluding hydrogens is 578 g/mol. The third-order valence-corrected chi connectivity index (χ3v) is 7.94. The van der Waals surface area contributed by atoms with Crippen LogP contribution in [0.3, 0.4) is 0 Å². The number of methoxy groups -OCH3 is 1. The number of imidazole rings is 1. The molecule has 0 aliphatic rings. The van der Waals surface area contributed by atoms with Crippen LogP contribution in [0.4, 0.5) is 10.3 Å². The number of ether oxygens (including phenoxy) is 3. The Hall–Kier alpha value is -2.16. The van der Waals surface area contributed by atoms with Crippen LogP contribution in [0.1, 0.15) is 61.2 Å². The summed E-state index contributed by atoms with van der Waals surface area (Å²) in [5, 5.41) is 3.03. The van der Waals surface area contributed by atoms with Crippen molar-refractivity contribution in [1.29, 1.82) is 0 Å². The third-order valence-electron chi connectivity index (χ3n) is 5.30. The van der Waals surface area contributed by atoms with Crippen LogP contribution in [0.2, 0.25) is 0 Å². The van der Waals surface area contributed by atoms with Crippen molar-refractivity contribution in [3.63, 3.8) is 0 Å². The van der Waals surface area contributed by atoms with E-state index in [2.05, 4.69) is 20.0 Å². The van der Waals surface area contributed by atoms with Gasteiger partial charge in [-0.3, -0.25) is 14.2 Å². The average molecular weight is 621 g/mol. The number of hydrogen-bond donors (Lipinski definition) is 2. The number of nitrogens with zero attached hydrogens (tertiary/aromatic N) is 4. The van der Waals surface area contributed by atoms with Gasteiger partial charge in [0, 0.05) is 24.7 Å². The summed E-state index contributed by atoms with van der Waals surface area (Å²) in [5.41, 5.74) is 5.79. The number of thioether (sulfide) groups is 1. The van der Waals surface area contributed by atoms with Crippen molar-refractivity contribution in [1.82, 2.24) is 24.6 Å². The minimum Gasteiger partial charge on any atom is -0.476 e. The number of anilines is 1. The number of rotatable bonds is 17. The minimum absolute atomic E-state index is 0.0362. The standard InChI is InChI=1S/C25H42FN6O7PS/c1-9-36-21-19-20(29-24(27)30-21)32(14-28-19)18(26)12-17(35-8)13-38-40(31-16(4)22(33)39-15(2)3)37-10-11-41-23(34)25(5,6)7/h14-18,31H,9-13H2,1-8H3,(H2,27,29,30). The Morgan fingerprint density at radius 1 is 1.22 bits per heavy atom. The Morgan fingerprint density at radius 3 is 2.54 bits per heavy atom. The van der Waals surface area contributed by atoms with E-state index in [1.807, 2.05) is 20.8 Å². The number of nitrogens with two attached hydrogens (primary N) is 1. The largest absolute Gasteiger partial charge is 0.476 e. The molecule has 0 saturated carbocycles. The molecule has 0 aromatic carbocycles. The Bertz CT molecular complexity index is 1140. The molecule has 0 amide bonds. The van der Waals surface area contributed by atoms with Crippen molar-refractivity contribution in [3.05, 3.63) is 6.33 Å². The number of esters is 1. The molecule has 2 rings (SSSR count). The number of hydrogen-bond acceptors (Lipinski definition) is 13. The van der Waals surface area contributed by atoms with Crippen molar-refractivity contribution >= 4 is 48.5 Å². The van der Waals surface area contributed by atoms with Gasteiger partial charge in [0.2, 0.25) is 11.8 Å². The molecule has 41 heavy (non-hydrogen) atoms. The van der Waals surface area contributed by atoms with Crippen LogP contribution in [0.25, 0.3) is 11.2 Å². The molecule has 0 aliphatic heterocycles. The predicted molar refractivity (Wildman–Crippen MR) is 156 cm³/mol. The fourth-order valence-electron chi connectivity index (χ4n) is 3.19. The first-order valence-electron chi connectivity index (χ1n) is 13.3. The summed E-state index contributed by atoms with van der Waals surface area (Å²) in [6.45, 7) is 12.9. The molecule has 2 aromatic rings. The van der Waals surface area contributed by atoms with Crippen molar-refractivity contribution in [2.45, 2.75) is 79.4 Å². The number of nitrogen functional groups attached to an aromatic ring is 1. The van der Waals surface area contributed by atoms with Crippen LogP contribution in [0, 0.1) is 5.41 Å². The Kier molecular flexibility index (Phi) is 14.1. The van der Waals surface area contributed by atoms with Gasteiger partial charge in [0.25, 0.3) is 8.53 Å².